The van der Waals surface area contributed by atoms with Gasteiger partial charge in [0.05, 0.1) is 5.69 Å². The van der Waals surface area contributed by atoms with Gasteiger partial charge in [-0.1, -0.05) is 52.7 Å². The first-order chi connectivity index (χ1) is 9.37. The second kappa shape index (κ2) is 8.40. The molecular formula is C16H32N4. The van der Waals surface area contributed by atoms with E-state index >= 15 is 0 Å². The summed E-state index contributed by atoms with van der Waals surface area (Å²) in [6.45, 7) is 13.2. The van der Waals surface area contributed by atoms with Crippen LogP contribution in [0.1, 0.15) is 66.0 Å². The van der Waals surface area contributed by atoms with E-state index in [0.717, 1.165) is 25.2 Å². The molecule has 1 aromatic rings. The van der Waals surface area contributed by atoms with Crippen LogP contribution in [0.5, 0.6) is 0 Å². The van der Waals surface area contributed by atoms with Gasteiger partial charge < -0.3 is 5.32 Å². The third-order valence-corrected chi connectivity index (χ3v) is 3.16. The summed E-state index contributed by atoms with van der Waals surface area (Å²) >= 11 is 0. The number of aryl methyl sites for hydroxylation is 1. The molecule has 4 nitrogen and oxygen atoms in total. The van der Waals surface area contributed by atoms with Crippen LogP contribution in [-0.2, 0) is 13.0 Å². The fraction of sp³-hybridized carbons (Fsp3) is 0.875. The molecule has 1 aromatic heterocycles. The van der Waals surface area contributed by atoms with Crippen molar-refractivity contribution in [2.75, 3.05) is 6.54 Å². The lowest BCUT2D eigenvalue weighted by molar-refractivity contribution is 0.406. The second-order valence-corrected chi connectivity index (χ2v) is 7.23. The van der Waals surface area contributed by atoms with Crippen LogP contribution in [-0.4, -0.2) is 27.6 Å². The SMILES string of the molecule is CC(C)NCCCCCCn1cc(CC(C)(C)C)nn1. The fourth-order valence-electron chi connectivity index (χ4n) is 2.22. The third-order valence-electron chi connectivity index (χ3n) is 3.16. The molecule has 0 aliphatic rings. The highest BCUT2D eigenvalue weighted by Gasteiger charge is 2.13. The molecule has 0 aromatic carbocycles. The summed E-state index contributed by atoms with van der Waals surface area (Å²) < 4.78 is 1.99. The van der Waals surface area contributed by atoms with Gasteiger partial charge in [-0.15, -0.1) is 5.10 Å². The minimum absolute atomic E-state index is 0.282. The predicted molar refractivity (Wildman–Crippen MR) is 84.8 cm³/mol. The number of nitrogens with one attached hydrogen (secondary N) is 1. The molecule has 20 heavy (non-hydrogen) atoms. The Hall–Kier alpha value is -0.900. The van der Waals surface area contributed by atoms with Gasteiger partial charge in [0.25, 0.3) is 0 Å². The van der Waals surface area contributed by atoms with Crippen molar-refractivity contribution in [3.05, 3.63) is 11.9 Å². The molecule has 0 saturated carbocycles. The minimum Gasteiger partial charge on any atom is -0.315 e. The van der Waals surface area contributed by atoms with Crippen LogP contribution in [0.4, 0.5) is 0 Å². The molecular weight excluding hydrogens is 248 g/mol. The van der Waals surface area contributed by atoms with E-state index in [-0.39, 0.29) is 5.41 Å². The molecule has 1 heterocycles. The van der Waals surface area contributed by atoms with Crippen LogP contribution in [0.25, 0.3) is 0 Å². The number of hydrogen-bond donors (Lipinski definition) is 1. The lowest BCUT2D eigenvalue weighted by atomic mass is 9.91. The van der Waals surface area contributed by atoms with Gasteiger partial charge in [0.2, 0.25) is 0 Å². The quantitative estimate of drug-likeness (QED) is 0.705. The van der Waals surface area contributed by atoms with E-state index in [4.69, 9.17) is 0 Å². The Labute approximate surface area is 124 Å². The molecule has 0 spiro atoms. The Kier molecular flexibility index (Phi) is 7.20. The van der Waals surface area contributed by atoms with E-state index < -0.39 is 0 Å². The van der Waals surface area contributed by atoms with Crippen molar-refractivity contribution in [3.8, 4) is 0 Å². The Morgan fingerprint density at radius 3 is 2.50 bits per heavy atom. The molecule has 0 unspecified atom stereocenters. The zero-order chi connectivity index (χ0) is 15.0. The molecule has 0 bridgehead atoms. The lowest BCUT2D eigenvalue weighted by Crippen LogP contribution is -2.23. The minimum atomic E-state index is 0.282. The smallest absolute Gasteiger partial charge is 0.0832 e. The Morgan fingerprint density at radius 2 is 1.85 bits per heavy atom. The van der Waals surface area contributed by atoms with E-state index in [1.807, 2.05) is 4.68 Å². The van der Waals surface area contributed by atoms with E-state index in [9.17, 15) is 0 Å². The van der Waals surface area contributed by atoms with Gasteiger partial charge in [0.1, 0.15) is 0 Å². The van der Waals surface area contributed by atoms with E-state index in [0.29, 0.717) is 6.04 Å². The third kappa shape index (κ3) is 8.31. The molecule has 0 saturated heterocycles. The molecule has 4 heteroatoms. The van der Waals surface area contributed by atoms with Gasteiger partial charge in [-0.05, 0) is 31.2 Å². The molecule has 1 N–H and O–H groups in total. The molecule has 0 aliphatic carbocycles. The standard InChI is InChI=1S/C16H32N4/c1-14(2)17-10-8-6-7-9-11-20-13-15(18-19-20)12-16(3,4)5/h13-14,17H,6-12H2,1-5H3. The largest absolute Gasteiger partial charge is 0.315 e. The summed E-state index contributed by atoms with van der Waals surface area (Å²) in [6, 6.07) is 0.603. The maximum absolute atomic E-state index is 4.25. The van der Waals surface area contributed by atoms with Gasteiger partial charge in [-0.3, -0.25) is 4.68 Å². The zero-order valence-corrected chi connectivity index (χ0v) is 13.9. The Bertz CT molecular complexity index is 363. The van der Waals surface area contributed by atoms with Crippen molar-refractivity contribution in [2.45, 2.75) is 79.3 Å². The van der Waals surface area contributed by atoms with Gasteiger partial charge in [-0.25, -0.2) is 0 Å². The average Bonchev–Trinajstić information content (AvgIpc) is 2.72. The highest BCUT2D eigenvalue weighted by Crippen LogP contribution is 2.18. The molecule has 0 amide bonds. The Balaban J connectivity index is 2.10. The summed E-state index contributed by atoms with van der Waals surface area (Å²) in [7, 11) is 0. The van der Waals surface area contributed by atoms with Gasteiger partial charge in [-0.2, -0.15) is 0 Å². The van der Waals surface area contributed by atoms with Crippen LogP contribution < -0.4 is 5.32 Å². The van der Waals surface area contributed by atoms with Crippen molar-refractivity contribution in [1.82, 2.24) is 20.3 Å². The molecule has 0 fully saturated rings. The van der Waals surface area contributed by atoms with Crippen molar-refractivity contribution in [3.63, 3.8) is 0 Å². The van der Waals surface area contributed by atoms with Crippen molar-refractivity contribution >= 4 is 0 Å². The van der Waals surface area contributed by atoms with Crippen LogP contribution >= 0.6 is 0 Å². The topological polar surface area (TPSA) is 42.7 Å². The summed E-state index contributed by atoms with van der Waals surface area (Å²) in [5.74, 6) is 0. The molecule has 0 atom stereocenters. The van der Waals surface area contributed by atoms with Crippen molar-refractivity contribution in [2.24, 2.45) is 5.41 Å². The molecule has 0 radical (unpaired) electrons. The zero-order valence-electron chi connectivity index (χ0n) is 13.9. The second-order valence-electron chi connectivity index (χ2n) is 7.23. The van der Waals surface area contributed by atoms with Gasteiger partial charge >= 0.3 is 0 Å². The first-order valence-electron chi connectivity index (χ1n) is 7.99. The van der Waals surface area contributed by atoms with Crippen LogP contribution in [0.15, 0.2) is 6.20 Å². The maximum atomic E-state index is 4.25. The summed E-state index contributed by atoms with van der Waals surface area (Å²) in [5, 5.41) is 11.9. The number of unbranched alkanes of at least 4 members (excludes halogenated alkanes) is 3. The summed E-state index contributed by atoms with van der Waals surface area (Å²) in [4.78, 5) is 0. The van der Waals surface area contributed by atoms with Crippen molar-refractivity contribution < 1.29 is 0 Å². The molecule has 116 valence electrons. The number of aromatic nitrogens is 3. The summed E-state index contributed by atoms with van der Waals surface area (Å²) in [5.41, 5.74) is 1.39. The fourth-order valence-corrected chi connectivity index (χ4v) is 2.22. The van der Waals surface area contributed by atoms with Gasteiger partial charge in [0.15, 0.2) is 0 Å². The van der Waals surface area contributed by atoms with E-state index in [1.165, 1.54) is 25.7 Å². The van der Waals surface area contributed by atoms with E-state index in [1.54, 1.807) is 0 Å². The van der Waals surface area contributed by atoms with Crippen LogP contribution in [0, 0.1) is 5.41 Å². The Morgan fingerprint density at radius 1 is 1.15 bits per heavy atom. The number of nitrogens with zero attached hydrogens (tertiary/aromatic N) is 3. The van der Waals surface area contributed by atoms with Crippen LogP contribution in [0.2, 0.25) is 0 Å². The van der Waals surface area contributed by atoms with E-state index in [2.05, 4.69) is 56.4 Å². The normalized spacial score (nSPS) is 12.3. The molecule has 1 rings (SSSR count). The van der Waals surface area contributed by atoms with Crippen LogP contribution in [0.3, 0.4) is 0 Å². The highest BCUT2D eigenvalue weighted by atomic mass is 15.4. The number of hydrogen-bond acceptors (Lipinski definition) is 3. The summed E-state index contributed by atoms with van der Waals surface area (Å²) in [6.07, 6.45) is 8.13. The first kappa shape index (κ1) is 17.2. The highest BCUT2D eigenvalue weighted by molar-refractivity contribution is 4.95. The monoisotopic (exact) mass is 280 g/mol. The maximum Gasteiger partial charge on any atom is 0.0832 e. The first-order valence-corrected chi connectivity index (χ1v) is 7.99. The number of rotatable bonds is 9. The lowest BCUT2D eigenvalue weighted by Gasteiger charge is -2.15. The molecule has 0 aliphatic heterocycles. The van der Waals surface area contributed by atoms with Gasteiger partial charge in [0, 0.05) is 18.8 Å². The predicted octanol–water partition coefficient (Wildman–Crippen LogP) is 3.43. The average molecular weight is 280 g/mol. The van der Waals surface area contributed by atoms with Crippen molar-refractivity contribution in [1.29, 1.82) is 0 Å².